The number of halogens is 1. The van der Waals surface area contributed by atoms with Gasteiger partial charge in [0.1, 0.15) is 5.78 Å². The van der Waals surface area contributed by atoms with Crippen LogP contribution in [0.25, 0.3) is 0 Å². The fourth-order valence-electron chi connectivity index (χ4n) is 4.74. The molecule has 5 heteroatoms. The Morgan fingerprint density at radius 3 is 2.52 bits per heavy atom. The number of carbonyl (C=O) groups is 2. The van der Waals surface area contributed by atoms with Gasteiger partial charge >= 0.3 is 0 Å². The fourth-order valence-corrected chi connectivity index (χ4v) is 4.86. The Kier molecular flexibility index (Phi) is 5.69. The van der Waals surface area contributed by atoms with Crippen molar-refractivity contribution in [3.63, 3.8) is 0 Å². The fraction of sp³-hybridized carbons (Fsp3) is 0.385. The van der Waals surface area contributed by atoms with E-state index in [0.29, 0.717) is 17.9 Å². The van der Waals surface area contributed by atoms with Gasteiger partial charge in [0.05, 0.1) is 23.3 Å². The molecule has 0 bridgehead atoms. The number of fused-ring (bicyclic) bond motifs is 2. The van der Waals surface area contributed by atoms with Crippen LogP contribution in [0, 0.1) is 17.3 Å². The summed E-state index contributed by atoms with van der Waals surface area (Å²) in [5.41, 5.74) is 3.18. The summed E-state index contributed by atoms with van der Waals surface area (Å²) in [4.78, 5) is 29.0. The third-order valence-electron chi connectivity index (χ3n) is 5.96. The van der Waals surface area contributed by atoms with E-state index in [0.717, 1.165) is 22.6 Å². The van der Waals surface area contributed by atoms with E-state index in [1.165, 1.54) is 0 Å². The van der Waals surface area contributed by atoms with Gasteiger partial charge in [0.25, 0.3) is 0 Å². The van der Waals surface area contributed by atoms with E-state index in [4.69, 9.17) is 11.6 Å². The van der Waals surface area contributed by atoms with Crippen molar-refractivity contribution in [2.75, 3.05) is 10.2 Å². The third kappa shape index (κ3) is 4.27. The number of ketones is 1. The largest absolute Gasteiger partial charge is 0.357 e. The predicted octanol–water partition coefficient (Wildman–Crippen LogP) is 6.39. The van der Waals surface area contributed by atoms with Gasteiger partial charge in [-0.25, -0.2) is 0 Å². The number of allylic oxidation sites excluding steroid dienone is 1. The lowest BCUT2D eigenvalue weighted by Crippen LogP contribution is -2.43. The zero-order chi connectivity index (χ0) is 22.3. The number of Topliss-reactive ketones (excluding diaryl/α,β-unsaturated/α-hetero) is 1. The summed E-state index contributed by atoms with van der Waals surface area (Å²) in [6.07, 6.45) is 3.01. The summed E-state index contributed by atoms with van der Waals surface area (Å²) in [5, 5.41) is 4.14. The van der Waals surface area contributed by atoms with Gasteiger partial charge in [0.2, 0.25) is 5.91 Å². The van der Waals surface area contributed by atoms with Gasteiger partial charge < -0.3 is 10.2 Å². The molecule has 0 radical (unpaired) electrons. The molecule has 0 aromatic heterocycles. The van der Waals surface area contributed by atoms with Crippen LogP contribution in [0.15, 0.2) is 60.3 Å². The second kappa shape index (κ2) is 8.16. The van der Waals surface area contributed by atoms with E-state index >= 15 is 0 Å². The molecule has 4 nitrogen and oxygen atoms in total. The first kappa shape index (κ1) is 21.6. The van der Waals surface area contributed by atoms with Gasteiger partial charge in [0, 0.05) is 23.6 Å². The lowest BCUT2D eigenvalue weighted by atomic mass is 9.72. The van der Waals surface area contributed by atoms with Crippen LogP contribution in [0.1, 0.15) is 52.1 Å². The average molecular weight is 437 g/mol. The minimum atomic E-state index is -0.460. The highest BCUT2D eigenvalue weighted by atomic mass is 35.5. The molecule has 2 aromatic carbocycles. The van der Waals surface area contributed by atoms with Crippen LogP contribution >= 0.6 is 11.6 Å². The molecule has 0 spiro atoms. The third-order valence-corrected chi connectivity index (χ3v) is 6.21. The van der Waals surface area contributed by atoms with Gasteiger partial charge in [-0.05, 0) is 41.2 Å². The summed E-state index contributed by atoms with van der Waals surface area (Å²) in [6, 6.07) is 14.9. The van der Waals surface area contributed by atoms with Crippen molar-refractivity contribution in [1.82, 2.24) is 0 Å². The van der Waals surface area contributed by atoms with Gasteiger partial charge in [0.15, 0.2) is 0 Å². The maximum absolute atomic E-state index is 13.6. The summed E-state index contributed by atoms with van der Waals surface area (Å²) in [5.74, 6) is -0.0938. The number of anilines is 2. The van der Waals surface area contributed by atoms with Crippen molar-refractivity contribution in [2.24, 2.45) is 17.3 Å². The van der Waals surface area contributed by atoms with Crippen LogP contribution < -0.4 is 10.2 Å². The molecule has 0 saturated heterocycles. The average Bonchev–Trinajstić information content (AvgIpc) is 2.81. The maximum atomic E-state index is 13.6. The molecular weight excluding hydrogens is 408 g/mol. The first-order chi connectivity index (χ1) is 14.7. The van der Waals surface area contributed by atoms with Crippen molar-refractivity contribution in [3.8, 4) is 0 Å². The molecule has 1 amide bonds. The Balaban J connectivity index is 1.97. The van der Waals surface area contributed by atoms with Crippen molar-refractivity contribution in [2.45, 2.75) is 46.6 Å². The molecule has 1 heterocycles. The normalized spacial score (nSPS) is 22.2. The monoisotopic (exact) mass is 436 g/mol. The lowest BCUT2D eigenvalue weighted by molar-refractivity contribution is -0.125. The van der Waals surface area contributed by atoms with Gasteiger partial charge in [-0.1, -0.05) is 69.6 Å². The minimum Gasteiger partial charge on any atom is -0.357 e. The molecule has 162 valence electrons. The van der Waals surface area contributed by atoms with Gasteiger partial charge in [-0.2, -0.15) is 0 Å². The molecule has 31 heavy (non-hydrogen) atoms. The zero-order valence-corrected chi connectivity index (χ0v) is 19.2. The summed E-state index contributed by atoms with van der Waals surface area (Å²) < 4.78 is 0. The number of rotatable bonds is 3. The number of nitrogens with zero attached hydrogens (tertiary/aromatic N) is 1. The van der Waals surface area contributed by atoms with E-state index in [-0.39, 0.29) is 23.0 Å². The summed E-state index contributed by atoms with van der Waals surface area (Å²) in [7, 11) is 0. The molecule has 1 aliphatic heterocycles. The molecule has 2 atom stereocenters. The highest BCUT2D eigenvalue weighted by molar-refractivity contribution is 6.30. The lowest BCUT2D eigenvalue weighted by Gasteiger charge is -2.39. The molecule has 2 unspecified atom stereocenters. The van der Waals surface area contributed by atoms with E-state index in [2.05, 4.69) is 25.2 Å². The molecule has 2 aliphatic rings. The van der Waals surface area contributed by atoms with Gasteiger partial charge in [-0.3, -0.25) is 9.59 Å². The molecule has 2 aromatic rings. The van der Waals surface area contributed by atoms with Crippen LogP contribution in [-0.4, -0.2) is 11.7 Å². The highest BCUT2D eigenvalue weighted by Gasteiger charge is 2.46. The minimum absolute atomic E-state index is 0.0167. The quantitative estimate of drug-likeness (QED) is 0.606. The number of hydrogen-bond donors (Lipinski definition) is 1. The van der Waals surface area contributed by atoms with Gasteiger partial charge in [-0.15, -0.1) is 0 Å². The van der Waals surface area contributed by atoms with Crippen molar-refractivity contribution in [1.29, 1.82) is 0 Å². The van der Waals surface area contributed by atoms with E-state index in [9.17, 15) is 9.59 Å². The summed E-state index contributed by atoms with van der Waals surface area (Å²) >= 11 is 6.16. The van der Waals surface area contributed by atoms with E-state index in [1.54, 1.807) is 0 Å². The second-order valence-corrected chi connectivity index (χ2v) is 10.1. The summed E-state index contributed by atoms with van der Waals surface area (Å²) in [6.45, 7) is 8.23. The first-order valence-corrected chi connectivity index (χ1v) is 11.2. The van der Waals surface area contributed by atoms with Crippen LogP contribution in [0.4, 0.5) is 11.4 Å². The molecule has 1 aliphatic carbocycles. The number of para-hydroxylation sites is 2. The Hall–Kier alpha value is -2.59. The van der Waals surface area contributed by atoms with Crippen LogP contribution in [0.3, 0.4) is 0 Å². The van der Waals surface area contributed by atoms with Crippen molar-refractivity contribution >= 4 is 34.7 Å². The number of hydrogen-bond acceptors (Lipinski definition) is 3. The molecule has 0 fully saturated rings. The Labute approximate surface area is 189 Å². The first-order valence-electron chi connectivity index (χ1n) is 10.9. The second-order valence-electron chi connectivity index (χ2n) is 9.71. The topological polar surface area (TPSA) is 49.4 Å². The van der Waals surface area contributed by atoms with Crippen LogP contribution in [0.5, 0.6) is 0 Å². The van der Waals surface area contributed by atoms with Crippen molar-refractivity contribution in [3.05, 3.63) is 70.9 Å². The van der Waals surface area contributed by atoms with E-state index in [1.807, 2.05) is 67.3 Å². The number of carbonyl (C=O) groups excluding carboxylic acids is 2. The van der Waals surface area contributed by atoms with E-state index < -0.39 is 12.0 Å². The predicted molar refractivity (Wildman–Crippen MR) is 126 cm³/mol. The zero-order valence-electron chi connectivity index (χ0n) is 18.5. The Morgan fingerprint density at radius 2 is 1.84 bits per heavy atom. The molecule has 0 saturated carbocycles. The number of amides is 1. The van der Waals surface area contributed by atoms with Crippen molar-refractivity contribution < 1.29 is 9.59 Å². The molecule has 1 N–H and O–H groups in total. The highest BCUT2D eigenvalue weighted by Crippen LogP contribution is 2.48. The van der Waals surface area contributed by atoms with Crippen LogP contribution in [-0.2, 0) is 9.59 Å². The van der Waals surface area contributed by atoms with Crippen LogP contribution in [0.2, 0.25) is 5.02 Å². The Morgan fingerprint density at radius 1 is 1.16 bits per heavy atom. The maximum Gasteiger partial charge on any atom is 0.227 e. The molecular formula is C26H29ClN2O2. The Bertz CT molecular complexity index is 1040. The number of nitrogens with one attached hydrogen (secondary N) is 1. The smallest absolute Gasteiger partial charge is 0.227 e. The SMILES string of the molecule is CC(C)CC(=O)N1c2ccccc2NC2=CC(C)(C)CC(=O)C2C1c1ccc(Cl)cc1. The standard InChI is InChI=1S/C26H29ClN2O2/c1-16(2)13-23(31)29-21-8-6-5-7-19(21)28-20-14-26(3,4)15-22(30)24(20)25(29)17-9-11-18(27)12-10-17/h5-12,14,16,24-25,28H,13,15H2,1-4H3. The number of benzene rings is 2. The molecule has 4 rings (SSSR count).